The van der Waals surface area contributed by atoms with Crippen molar-refractivity contribution in [1.82, 2.24) is 9.55 Å². The van der Waals surface area contributed by atoms with Gasteiger partial charge in [0.25, 0.3) is 5.56 Å². The van der Waals surface area contributed by atoms with Crippen LogP contribution in [0.3, 0.4) is 0 Å². The highest BCUT2D eigenvalue weighted by molar-refractivity contribution is 14.1. The molecule has 1 fully saturated rings. The van der Waals surface area contributed by atoms with Crippen LogP contribution >= 0.6 is 22.6 Å². The van der Waals surface area contributed by atoms with Crippen LogP contribution < -0.4 is 11.2 Å². The molecule has 1 saturated heterocycles. The van der Waals surface area contributed by atoms with E-state index in [4.69, 9.17) is 14.2 Å². The number of aromatic amines is 1. The lowest BCUT2D eigenvalue weighted by Gasteiger charge is -2.17. The van der Waals surface area contributed by atoms with E-state index in [0.29, 0.717) is 0 Å². The van der Waals surface area contributed by atoms with E-state index < -0.39 is 41.6 Å². The molecule has 3 atom stereocenters. The van der Waals surface area contributed by atoms with Gasteiger partial charge in [0.15, 0.2) is 0 Å². The van der Waals surface area contributed by atoms with E-state index in [-0.39, 0.29) is 18.6 Å². The van der Waals surface area contributed by atoms with Crippen molar-refractivity contribution >= 4 is 34.5 Å². The van der Waals surface area contributed by atoms with Gasteiger partial charge in [-0.2, -0.15) is 0 Å². The zero-order valence-corrected chi connectivity index (χ0v) is 15.6. The van der Waals surface area contributed by atoms with E-state index in [9.17, 15) is 19.2 Å². The first-order chi connectivity index (χ1) is 11.8. The van der Waals surface area contributed by atoms with Gasteiger partial charge in [0.05, 0.1) is 0 Å². The number of nitrogens with zero attached hydrogens (tertiary/aromatic N) is 1. The van der Waals surface area contributed by atoms with Crippen LogP contribution in [0.15, 0.2) is 15.8 Å². The number of halogens is 1. The molecule has 9 nitrogen and oxygen atoms in total. The third-order valence-electron chi connectivity index (χ3n) is 3.41. The minimum absolute atomic E-state index is 0.102. The van der Waals surface area contributed by atoms with Gasteiger partial charge >= 0.3 is 17.6 Å². The van der Waals surface area contributed by atoms with Crippen LogP contribution in [-0.2, 0) is 23.8 Å². The Kier molecular flexibility index (Phi) is 6.38. The maximum Gasteiger partial charge on any atom is 0.330 e. The van der Waals surface area contributed by atoms with Crippen LogP contribution in [0.2, 0.25) is 0 Å². The Morgan fingerprint density at radius 3 is 2.72 bits per heavy atom. The summed E-state index contributed by atoms with van der Waals surface area (Å²) in [4.78, 5) is 48.2. The molecule has 0 spiro atoms. The molecule has 1 aromatic heterocycles. The number of H-pyrrole nitrogens is 1. The minimum atomic E-state index is -0.802. The average Bonchev–Trinajstić information content (AvgIpc) is 2.90. The molecule has 2 rings (SSSR count). The van der Waals surface area contributed by atoms with Crippen molar-refractivity contribution in [2.45, 2.75) is 38.7 Å². The molecule has 0 aliphatic carbocycles. The van der Waals surface area contributed by atoms with E-state index in [1.165, 1.54) is 24.6 Å². The quantitative estimate of drug-likeness (QED) is 0.382. The lowest BCUT2D eigenvalue weighted by atomic mass is 10.2. The van der Waals surface area contributed by atoms with Gasteiger partial charge in [-0.1, -0.05) is 0 Å². The van der Waals surface area contributed by atoms with Crippen LogP contribution in [0.5, 0.6) is 0 Å². The van der Waals surface area contributed by atoms with Gasteiger partial charge in [-0.3, -0.25) is 23.9 Å². The summed E-state index contributed by atoms with van der Waals surface area (Å²) in [6.07, 6.45) is -0.773. The molecular formula is C15H15IN2O7. The lowest BCUT2D eigenvalue weighted by molar-refractivity contribution is -0.155. The number of nitrogens with one attached hydrogen (secondary N) is 1. The lowest BCUT2D eigenvalue weighted by Crippen LogP contribution is -2.34. The maximum atomic E-state index is 12.1. The van der Waals surface area contributed by atoms with Crippen LogP contribution in [0.25, 0.3) is 0 Å². The zero-order chi connectivity index (χ0) is 18.6. The second kappa shape index (κ2) is 8.30. The molecule has 10 heteroatoms. The Balaban J connectivity index is 2.30. The van der Waals surface area contributed by atoms with Crippen LogP contribution in [-0.4, -0.2) is 40.3 Å². The van der Waals surface area contributed by atoms with E-state index in [2.05, 4.69) is 14.8 Å². The Labute approximate surface area is 155 Å². The summed E-state index contributed by atoms with van der Waals surface area (Å²) in [6.45, 7) is 2.37. The van der Waals surface area contributed by atoms with E-state index >= 15 is 0 Å². The van der Waals surface area contributed by atoms with Crippen molar-refractivity contribution in [3.05, 3.63) is 32.6 Å². The standard InChI is InChI=1S/C15H15IN2O7/c1-8(19)23-7-12-11(24-9(2)20)5-13(25-12)18-6-10(3-4-16)14(21)17-15(18)22/h6,11-13H,5,7H2,1-2H3,(H,17,21,22)/t11?,12-,13-/m0/s1. The average molecular weight is 462 g/mol. The first-order valence-corrected chi connectivity index (χ1v) is 8.33. The first kappa shape index (κ1) is 19.2. The highest BCUT2D eigenvalue weighted by Crippen LogP contribution is 2.30. The first-order valence-electron chi connectivity index (χ1n) is 7.25. The zero-order valence-electron chi connectivity index (χ0n) is 13.4. The number of hydrogen-bond donors (Lipinski definition) is 1. The van der Waals surface area contributed by atoms with Gasteiger partial charge < -0.3 is 14.2 Å². The summed E-state index contributed by atoms with van der Waals surface area (Å²) < 4.78 is 19.5. The highest BCUT2D eigenvalue weighted by atomic mass is 127. The van der Waals surface area contributed by atoms with Gasteiger partial charge in [-0.05, 0) is 9.85 Å². The molecule has 2 heterocycles. The molecule has 0 aromatic carbocycles. The smallest absolute Gasteiger partial charge is 0.330 e. The number of carbonyl (C=O) groups is 2. The SMILES string of the molecule is CC(=O)OC[C@@H]1O[C@H](n2cc(C#CI)c(=O)[nH]c2=O)CC1OC(C)=O. The van der Waals surface area contributed by atoms with Gasteiger partial charge in [0.2, 0.25) is 0 Å². The molecule has 0 saturated carbocycles. The second-order valence-electron chi connectivity index (χ2n) is 5.24. The topological polar surface area (TPSA) is 117 Å². The fraction of sp³-hybridized carbons (Fsp3) is 0.467. The number of hydrogen-bond acceptors (Lipinski definition) is 7. The third kappa shape index (κ3) is 4.93. The molecule has 0 radical (unpaired) electrons. The number of aromatic nitrogens is 2. The number of rotatable bonds is 4. The van der Waals surface area contributed by atoms with Gasteiger partial charge in [-0.25, -0.2) is 4.79 Å². The molecule has 0 bridgehead atoms. The summed E-state index contributed by atoms with van der Waals surface area (Å²) in [5, 5.41) is 0. The van der Waals surface area contributed by atoms with E-state index in [1.807, 2.05) is 0 Å². The van der Waals surface area contributed by atoms with Crippen molar-refractivity contribution < 1.29 is 23.8 Å². The van der Waals surface area contributed by atoms with E-state index in [0.717, 1.165) is 0 Å². The number of ether oxygens (including phenoxy) is 3. The minimum Gasteiger partial charge on any atom is -0.463 e. The van der Waals surface area contributed by atoms with Gasteiger partial charge in [0.1, 0.15) is 30.6 Å². The van der Waals surface area contributed by atoms with Gasteiger partial charge in [0, 0.05) is 49.1 Å². The van der Waals surface area contributed by atoms with Crippen molar-refractivity contribution in [3.63, 3.8) is 0 Å². The molecule has 134 valence electrons. The molecule has 1 unspecified atom stereocenters. The fourth-order valence-corrected chi connectivity index (χ4v) is 2.69. The normalized spacial score (nSPS) is 22.0. The van der Waals surface area contributed by atoms with Crippen molar-refractivity contribution in [2.24, 2.45) is 0 Å². The molecule has 1 aliphatic rings. The van der Waals surface area contributed by atoms with Crippen molar-refractivity contribution in [3.8, 4) is 9.85 Å². The van der Waals surface area contributed by atoms with Crippen LogP contribution in [0, 0.1) is 9.85 Å². The molecular weight excluding hydrogens is 447 g/mol. The molecule has 25 heavy (non-hydrogen) atoms. The number of carbonyl (C=O) groups excluding carboxylic acids is 2. The van der Waals surface area contributed by atoms with Gasteiger partial charge in [-0.15, -0.1) is 0 Å². The fourth-order valence-electron chi connectivity index (χ4n) is 2.40. The molecule has 0 amide bonds. The summed E-state index contributed by atoms with van der Waals surface area (Å²) in [6, 6.07) is 0. The third-order valence-corrected chi connectivity index (χ3v) is 3.68. The Hall–Kier alpha value is -2.13. The highest BCUT2D eigenvalue weighted by Gasteiger charge is 2.39. The summed E-state index contributed by atoms with van der Waals surface area (Å²) in [5.41, 5.74) is -1.18. The van der Waals surface area contributed by atoms with Crippen LogP contribution in [0.4, 0.5) is 0 Å². The van der Waals surface area contributed by atoms with E-state index in [1.54, 1.807) is 22.6 Å². The predicted octanol–water partition coefficient (Wildman–Crippen LogP) is 0.0629. The molecule has 1 N–H and O–H groups in total. The largest absolute Gasteiger partial charge is 0.463 e. The van der Waals surface area contributed by atoms with Crippen LogP contribution in [0.1, 0.15) is 32.1 Å². The number of esters is 2. The van der Waals surface area contributed by atoms with Crippen molar-refractivity contribution in [1.29, 1.82) is 0 Å². The Morgan fingerprint density at radius 1 is 1.40 bits per heavy atom. The monoisotopic (exact) mass is 462 g/mol. The summed E-state index contributed by atoms with van der Waals surface area (Å²) in [5.74, 6) is 1.56. The Morgan fingerprint density at radius 2 is 2.12 bits per heavy atom. The molecule has 1 aliphatic heterocycles. The predicted molar refractivity (Wildman–Crippen MR) is 92.9 cm³/mol. The summed E-state index contributed by atoms with van der Waals surface area (Å²) in [7, 11) is 0. The summed E-state index contributed by atoms with van der Waals surface area (Å²) >= 11 is 1.77. The van der Waals surface area contributed by atoms with Crippen molar-refractivity contribution in [2.75, 3.05) is 6.61 Å². The Bertz CT molecular complexity index is 848. The molecule has 1 aromatic rings. The maximum absolute atomic E-state index is 12.1. The second-order valence-corrected chi connectivity index (χ2v) is 5.78.